The molecule has 0 aliphatic carbocycles. The number of para-hydroxylation sites is 1. The number of hydrogen-bond acceptors (Lipinski definition) is 7. The average Bonchev–Trinajstić information content (AvgIpc) is 2.62. The molecule has 7 heteroatoms. The van der Waals surface area contributed by atoms with Crippen LogP contribution in [0.2, 0.25) is 0 Å². The summed E-state index contributed by atoms with van der Waals surface area (Å²) in [7, 11) is 0. The van der Waals surface area contributed by atoms with Crippen molar-refractivity contribution in [2.75, 3.05) is 44.3 Å². The zero-order chi connectivity index (χ0) is 16.1. The first kappa shape index (κ1) is 15.9. The van der Waals surface area contributed by atoms with Gasteiger partial charge in [0.05, 0.1) is 30.2 Å². The third kappa shape index (κ3) is 3.87. The number of benzene rings is 1. The van der Waals surface area contributed by atoms with E-state index in [1.165, 1.54) is 0 Å². The molecule has 23 heavy (non-hydrogen) atoms. The van der Waals surface area contributed by atoms with E-state index < -0.39 is 6.10 Å². The predicted molar refractivity (Wildman–Crippen MR) is 87.8 cm³/mol. The second-order valence-electron chi connectivity index (χ2n) is 5.56. The summed E-state index contributed by atoms with van der Waals surface area (Å²) in [5.41, 5.74) is 0.841. The minimum atomic E-state index is -0.768. The van der Waals surface area contributed by atoms with Crippen LogP contribution in [0.25, 0.3) is 10.9 Å². The minimum absolute atomic E-state index is 0.264. The molecule has 1 aromatic carbocycles. The monoisotopic (exact) mass is 318 g/mol. The molecule has 2 aromatic rings. The smallest absolute Gasteiger partial charge is 0.229 e. The maximum absolute atomic E-state index is 9.43. The highest BCUT2D eigenvalue weighted by Crippen LogP contribution is 2.25. The predicted octanol–water partition coefficient (Wildman–Crippen LogP) is 0.162. The summed E-state index contributed by atoms with van der Waals surface area (Å²) < 4.78 is 5.76. The fourth-order valence-electron chi connectivity index (χ4n) is 2.53. The van der Waals surface area contributed by atoms with Gasteiger partial charge in [0.25, 0.3) is 0 Å². The molecule has 0 spiro atoms. The van der Waals surface area contributed by atoms with Gasteiger partial charge in [-0.2, -0.15) is 4.98 Å². The summed E-state index contributed by atoms with van der Waals surface area (Å²) in [5.74, 6) is 1.19. The van der Waals surface area contributed by atoms with Crippen LogP contribution in [0.15, 0.2) is 24.3 Å². The fraction of sp³-hybridized carbons (Fsp3) is 0.500. The van der Waals surface area contributed by atoms with Gasteiger partial charge < -0.3 is 25.2 Å². The zero-order valence-corrected chi connectivity index (χ0v) is 13.0. The SMILES string of the molecule is OC[C@@H](O)CCOc1nc(N2CCNCC2)nc2ccccc12. The van der Waals surface area contributed by atoms with E-state index in [0.29, 0.717) is 24.9 Å². The van der Waals surface area contributed by atoms with Crippen LogP contribution in [-0.4, -0.2) is 65.7 Å². The van der Waals surface area contributed by atoms with Crippen LogP contribution in [-0.2, 0) is 0 Å². The molecule has 1 fully saturated rings. The molecule has 2 heterocycles. The van der Waals surface area contributed by atoms with Crippen LogP contribution >= 0.6 is 0 Å². The summed E-state index contributed by atoms with van der Waals surface area (Å²) in [6.45, 7) is 3.58. The van der Waals surface area contributed by atoms with Crippen molar-refractivity contribution in [1.29, 1.82) is 0 Å². The van der Waals surface area contributed by atoms with Crippen molar-refractivity contribution in [3.63, 3.8) is 0 Å². The first-order valence-electron chi connectivity index (χ1n) is 7.92. The lowest BCUT2D eigenvalue weighted by atomic mass is 10.2. The van der Waals surface area contributed by atoms with Gasteiger partial charge in [-0.3, -0.25) is 0 Å². The van der Waals surface area contributed by atoms with E-state index in [1.54, 1.807) is 0 Å². The van der Waals surface area contributed by atoms with Crippen LogP contribution in [0.4, 0.5) is 5.95 Å². The molecule has 3 N–H and O–H groups in total. The summed E-state index contributed by atoms with van der Waals surface area (Å²) in [6, 6.07) is 7.73. The Morgan fingerprint density at radius 3 is 2.78 bits per heavy atom. The second kappa shape index (κ2) is 7.54. The number of rotatable bonds is 6. The number of anilines is 1. The molecule has 1 aliphatic heterocycles. The quantitative estimate of drug-likeness (QED) is 0.699. The number of ether oxygens (including phenoxy) is 1. The van der Waals surface area contributed by atoms with Crippen molar-refractivity contribution in [2.45, 2.75) is 12.5 Å². The number of piperazine rings is 1. The first-order valence-corrected chi connectivity index (χ1v) is 7.92. The Kier molecular flexibility index (Phi) is 5.22. The maximum Gasteiger partial charge on any atom is 0.229 e. The van der Waals surface area contributed by atoms with Gasteiger partial charge in [-0.1, -0.05) is 12.1 Å². The molecule has 1 aromatic heterocycles. The molecule has 7 nitrogen and oxygen atoms in total. The van der Waals surface area contributed by atoms with Crippen molar-refractivity contribution in [2.24, 2.45) is 0 Å². The second-order valence-corrected chi connectivity index (χ2v) is 5.56. The van der Waals surface area contributed by atoms with E-state index in [1.807, 2.05) is 24.3 Å². The summed E-state index contributed by atoms with van der Waals surface area (Å²) in [4.78, 5) is 11.3. The molecule has 1 atom stereocenters. The number of nitrogens with zero attached hydrogens (tertiary/aromatic N) is 3. The third-order valence-corrected chi connectivity index (χ3v) is 3.86. The highest BCUT2D eigenvalue weighted by Gasteiger charge is 2.16. The molecule has 0 unspecified atom stereocenters. The minimum Gasteiger partial charge on any atom is -0.477 e. The molecule has 124 valence electrons. The lowest BCUT2D eigenvalue weighted by molar-refractivity contribution is 0.0750. The standard InChI is InChI=1S/C16H22N4O3/c21-11-12(22)5-10-23-15-13-3-1-2-4-14(13)18-16(19-15)20-8-6-17-7-9-20/h1-4,12,17,21-22H,5-11H2/t12-/m0/s1. The molecule has 1 saturated heterocycles. The number of nitrogens with one attached hydrogen (secondary N) is 1. The van der Waals surface area contributed by atoms with Crippen LogP contribution in [0.5, 0.6) is 5.88 Å². The number of fused-ring (bicyclic) bond motifs is 1. The largest absolute Gasteiger partial charge is 0.477 e. The number of aliphatic hydroxyl groups excluding tert-OH is 2. The van der Waals surface area contributed by atoms with Gasteiger partial charge in [0.1, 0.15) is 0 Å². The molecule has 3 rings (SSSR count). The topological polar surface area (TPSA) is 90.7 Å². The molecule has 0 saturated carbocycles. The maximum atomic E-state index is 9.43. The Hall–Kier alpha value is -1.96. The van der Waals surface area contributed by atoms with Crippen molar-refractivity contribution in [3.05, 3.63) is 24.3 Å². The van der Waals surface area contributed by atoms with E-state index in [0.717, 1.165) is 37.1 Å². The lowest BCUT2D eigenvalue weighted by Crippen LogP contribution is -2.44. The zero-order valence-electron chi connectivity index (χ0n) is 13.0. The van der Waals surface area contributed by atoms with E-state index in [2.05, 4.69) is 20.2 Å². The van der Waals surface area contributed by atoms with Crippen molar-refractivity contribution in [1.82, 2.24) is 15.3 Å². The Morgan fingerprint density at radius 2 is 2.00 bits per heavy atom. The molecule has 0 amide bonds. The Balaban J connectivity index is 1.84. The highest BCUT2D eigenvalue weighted by molar-refractivity contribution is 5.84. The first-order chi connectivity index (χ1) is 11.3. The van der Waals surface area contributed by atoms with Gasteiger partial charge in [0.15, 0.2) is 0 Å². The van der Waals surface area contributed by atoms with Crippen LogP contribution < -0.4 is 15.0 Å². The van der Waals surface area contributed by atoms with E-state index >= 15 is 0 Å². The lowest BCUT2D eigenvalue weighted by Gasteiger charge is -2.27. The Morgan fingerprint density at radius 1 is 1.22 bits per heavy atom. The Labute approximate surface area is 134 Å². The third-order valence-electron chi connectivity index (χ3n) is 3.86. The van der Waals surface area contributed by atoms with Gasteiger partial charge in [-0.05, 0) is 12.1 Å². The fourth-order valence-corrected chi connectivity index (χ4v) is 2.53. The number of aliphatic hydroxyl groups is 2. The highest BCUT2D eigenvalue weighted by atomic mass is 16.5. The van der Waals surface area contributed by atoms with Crippen molar-refractivity contribution < 1.29 is 14.9 Å². The van der Waals surface area contributed by atoms with Crippen molar-refractivity contribution in [3.8, 4) is 5.88 Å². The van der Waals surface area contributed by atoms with Crippen molar-refractivity contribution >= 4 is 16.9 Å². The van der Waals surface area contributed by atoms with Crippen LogP contribution in [0.1, 0.15) is 6.42 Å². The van der Waals surface area contributed by atoms with Gasteiger partial charge in [-0.25, -0.2) is 4.98 Å². The van der Waals surface area contributed by atoms with Gasteiger partial charge in [-0.15, -0.1) is 0 Å². The van der Waals surface area contributed by atoms with E-state index in [4.69, 9.17) is 9.84 Å². The summed E-state index contributed by atoms with van der Waals surface area (Å²) in [5, 5.41) is 22.5. The average molecular weight is 318 g/mol. The molecular weight excluding hydrogens is 296 g/mol. The van der Waals surface area contributed by atoms with Gasteiger partial charge >= 0.3 is 0 Å². The summed E-state index contributed by atoms with van der Waals surface area (Å²) in [6.07, 6.45) is -0.409. The van der Waals surface area contributed by atoms with E-state index in [9.17, 15) is 5.11 Å². The summed E-state index contributed by atoms with van der Waals surface area (Å²) >= 11 is 0. The molecule has 1 aliphatic rings. The Bertz CT molecular complexity index is 646. The number of aromatic nitrogens is 2. The van der Waals surface area contributed by atoms with Gasteiger partial charge in [0.2, 0.25) is 11.8 Å². The molecular formula is C16H22N4O3. The van der Waals surface area contributed by atoms with Crippen LogP contribution in [0, 0.1) is 0 Å². The van der Waals surface area contributed by atoms with Gasteiger partial charge in [0, 0.05) is 32.6 Å². The molecule has 0 bridgehead atoms. The normalized spacial score (nSPS) is 16.5. The molecule has 0 radical (unpaired) electrons. The van der Waals surface area contributed by atoms with E-state index in [-0.39, 0.29) is 6.61 Å². The number of hydrogen-bond donors (Lipinski definition) is 3. The van der Waals surface area contributed by atoms with Crippen LogP contribution in [0.3, 0.4) is 0 Å².